The summed E-state index contributed by atoms with van der Waals surface area (Å²) in [5, 5.41) is 3.93. The normalized spacial score (nSPS) is 14.2. The minimum atomic E-state index is 0.574. The number of benzene rings is 3. The van der Waals surface area contributed by atoms with Gasteiger partial charge in [-0.3, -0.25) is 4.72 Å². The number of guanidine groups is 1. The molecule has 0 amide bonds. The lowest BCUT2D eigenvalue weighted by atomic mass is 10.1. The van der Waals surface area contributed by atoms with Crippen molar-refractivity contribution in [3.63, 3.8) is 0 Å². The third-order valence-corrected chi connectivity index (χ3v) is 5.70. The Morgan fingerprint density at radius 3 is 2.61 bits per heavy atom. The Labute approximate surface area is 174 Å². The third-order valence-electron chi connectivity index (χ3n) is 4.54. The number of hydrogen-bond acceptors (Lipinski definition) is 3. The van der Waals surface area contributed by atoms with E-state index in [0.29, 0.717) is 29.0 Å². The number of ether oxygens (including phenoxy) is 1. The summed E-state index contributed by atoms with van der Waals surface area (Å²) < 4.78 is 9.30. The first-order valence-corrected chi connectivity index (χ1v) is 10.2. The van der Waals surface area contributed by atoms with Crippen LogP contribution < -0.4 is 14.8 Å². The van der Waals surface area contributed by atoms with Gasteiger partial charge in [0.2, 0.25) is 5.96 Å². The quantitative estimate of drug-likeness (QED) is 0.494. The highest BCUT2D eigenvalue weighted by Crippen LogP contribution is 2.40. The van der Waals surface area contributed by atoms with E-state index >= 15 is 0 Å². The monoisotopic (exact) mass is 409 g/mol. The van der Waals surface area contributed by atoms with E-state index in [4.69, 9.17) is 16.3 Å². The minimum Gasteiger partial charge on any atom is -0.454 e. The van der Waals surface area contributed by atoms with Crippen molar-refractivity contribution < 1.29 is 4.74 Å². The first kappa shape index (κ1) is 18.7. The summed E-state index contributed by atoms with van der Waals surface area (Å²) >= 11 is 7.75. The standard InChI is InChI=1S/C22H20ClN3OS/c1-14-10-11-16(12-15(14)2)13-24-22-25-21-19(8-5-9-20(21)28-26-22)27-18-7-4-3-6-17(18)23/h3-12H,13H2,1-2H3,(H2,24,25,26). The summed E-state index contributed by atoms with van der Waals surface area (Å²) in [5.74, 6) is 2.03. The number of nitrogens with zero attached hydrogens (tertiary/aromatic N) is 1. The molecule has 28 heavy (non-hydrogen) atoms. The van der Waals surface area contributed by atoms with Crippen LogP contribution in [0.2, 0.25) is 5.02 Å². The maximum absolute atomic E-state index is 6.24. The maximum Gasteiger partial charge on any atom is 0.206 e. The highest BCUT2D eigenvalue weighted by molar-refractivity contribution is 7.98. The van der Waals surface area contributed by atoms with Crippen molar-refractivity contribution in [1.29, 1.82) is 0 Å². The molecule has 0 bridgehead atoms. The van der Waals surface area contributed by atoms with Crippen LogP contribution >= 0.6 is 23.5 Å². The Bertz CT molecular complexity index is 1050. The lowest BCUT2D eigenvalue weighted by Gasteiger charge is -2.23. The van der Waals surface area contributed by atoms with Gasteiger partial charge in [0.1, 0.15) is 5.75 Å². The number of halogens is 1. The topological polar surface area (TPSA) is 45.7 Å². The van der Waals surface area contributed by atoms with E-state index in [1.807, 2.05) is 42.5 Å². The summed E-state index contributed by atoms with van der Waals surface area (Å²) in [5.41, 5.74) is 4.62. The Morgan fingerprint density at radius 2 is 1.79 bits per heavy atom. The number of aryl methyl sites for hydroxylation is 2. The third kappa shape index (κ3) is 4.11. The second kappa shape index (κ2) is 8.17. The molecule has 2 N–H and O–H groups in total. The summed E-state index contributed by atoms with van der Waals surface area (Å²) in [4.78, 5) is 5.72. The van der Waals surface area contributed by atoms with Gasteiger partial charge >= 0.3 is 0 Å². The fourth-order valence-corrected chi connectivity index (χ4v) is 3.74. The van der Waals surface area contributed by atoms with Crippen LogP contribution in [0.4, 0.5) is 5.69 Å². The molecule has 0 atom stereocenters. The van der Waals surface area contributed by atoms with Gasteiger partial charge in [-0.1, -0.05) is 48.0 Å². The fourth-order valence-electron chi connectivity index (χ4n) is 2.84. The van der Waals surface area contributed by atoms with Crippen LogP contribution in [0.15, 0.2) is 70.6 Å². The molecule has 0 saturated heterocycles. The fraction of sp³-hybridized carbons (Fsp3) is 0.136. The maximum atomic E-state index is 6.24. The molecule has 1 aliphatic heterocycles. The Balaban J connectivity index is 1.55. The molecule has 0 radical (unpaired) electrons. The largest absolute Gasteiger partial charge is 0.454 e. The van der Waals surface area contributed by atoms with E-state index < -0.39 is 0 Å². The zero-order valence-corrected chi connectivity index (χ0v) is 17.2. The van der Waals surface area contributed by atoms with E-state index in [-0.39, 0.29) is 0 Å². The van der Waals surface area contributed by atoms with Gasteiger partial charge in [0.15, 0.2) is 5.75 Å². The van der Waals surface area contributed by atoms with Gasteiger partial charge in [0, 0.05) is 0 Å². The molecule has 4 nitrogen and oxygen atoms in total. The van der Waals surface area contributed by atoms with E-state index in [2.05, 4.69) is 47.1 Å². The molecule has 0 fully saturated rings. The predicted octanol–water partition coefficient (Wildman–Crippen LogP) is 6.33. The predicted molar refractivity (Wildman–Crippen MR) is 118 cm³/mol. The lowest BCUT2D eigenvalue weighted by molar-refractivity contribution is 0.484. The molecule has 3 aromatic rings. The molecule has 6 heteroatoms. The number of anilines is 1. The summed E-state index contributed by atoms with van der Waals surface area (Å²) in [6.45, 7) is 4.83. The van der Waals surface area contributed by atoms with Gasteiger partial charge in [-0.2, -0.15) is 0 Å². The van der Waals surface area contributed by atoms with Crippen LogP contribution in [0.1, 0.15) is 16.7 Å². The smallest absolute Gasteiger partial charge is 0.206 e. The average molecular weight is 410 g/mol. The minimum absolute atomic E-state index is 0.574. The molecule has 0 unspecified atom stereocenters. The first-order valence-electron chi connectivity index (χ1n) is 8.96. The lowest BCUT2D eigenvalue weighted by Crippen LogP contribution is -2.29. The van der Waals surface area contributed by atoms with Crippen molar-refractivity contribution in [3.05, 3.63) is 82.4 Å². The Morgan fingerprint density at radius 1 is 0.964 bits per heavy atom. The second-order valence-electron chi connectivity index (χ2n) is 6.57. The van der Waals surface area contributed by atoms with E-state index in [1.165, 1.54) is 28.6 Å². The Hall–Kier alpha value is -2.63. The molecule has 0 spiro atoms. The summed E-state index contributed by atoms with van der Waals surface area (Å²) in [7, 11) is 0. The molecular formula is C22H20ClN3OS. The van der Waals surface area contributed by atoms with Gasteiger partial charge in [-0.25, -0.2) is 4.99 Å². The van der Waals surface area contributed by atoms with Crippen molar-refractivity contribution >= 4 is 35.2 Å². The molecular weight excluding hydrogens is 390 g/mol. The van der Waals surface area contributed by atoms with Gasteiger partial charge < -0.3 is 10.1 Å². The van der Waals surface area contributed by atoms with Crippen molar-refractivity contribution in [2.45, 2.75) is 25.3 Å². The molecule has 3 aromatic carbocycles. The Kier molecular flexibility index (Phi) is 5.46. The highest BCUT2D eigenvalue weighted by atomic mass is 35.5. The molecule has 1 heterocycles. The zero-order chi connectivity index (χ0) is 19.5. The molecule has 0 saturated carbocycles. The molecule has 4 rings (SSSR count). The highest BCUT2D eigenvalue weighted by Gasteiger charge is 2.19. The van der Waals surface area contributed by atoms with E-state index in [0.717, 1.165) is 10.6 Å². The van der Waals surface area contributed by atoms with Gasteiger partial charge in [-0.15, -0.1) is 0 Å². The van der Waals surface area contributed by atoms with Crippen molar-refractivity contribution in [2.75, 3.05) is 5.32 Å². The average Bonchev–Trinajstić information content (AvgIpc) is 2.71. The summed E-state index contributed by atoms with van der Waals surface area (Å²) in [6.07, 6.45) is 0. The molecule has 0 aliphatic carbocycles. The van der Waals surface area contributed by atoms with Crippen molar-refractivity contribution in [3.8, 4) is 11.5 Å². The number of hydrogen-bond donors (Lipinski definition) is 2. The zero-order valence-electron chi connectivity index (χ0n) is 15.6. The van der Waals surface area contributed by atoms with Gasteiger partial charge in [-0.05, 0) is 66.8 Å². The van der Waals surface area contributed by atoms with Gasteiger partial charge in [0.05, 0.1) is 22.2 Å². The molecule has 142 valence electrons. The number of para-hydroxylation sites is 2. The molecule has 1 aliphatic rings. The van der Waals surface area contributed by atoms with E-state index in [1.54, 1.807) is 0 Å². The molecule has 0 aromatic heterocycles. The number of rotatable bonds is 4. The van der Waals surface area contributed by atoms with E-state index in [9.17, 15) is 0 Å². The van der Waals surface area contributed by atoms with Crippen LogP contribution in [-0.4, -0.2) is 5.96 Å². The van der Waals surface area contributed by atoms with Crippen molar-refractivity contribution in [2.24, 2.45) is 4.99 Å². The number of fused-ring (bicyclic) bond motifs is 1. The first-order chi connectivity index (χ1) is 13.6. The number of nitrogens with one attached hydrogen (secondary N) is 2. The second-order valence-corrected chi connectivity index (χ2v) is 7.83. The van der Waals surface area contributed by atoms with Crippen LogP contribution in [-0.2, 0) is 6.54 Å². The van der Waals surface area contributed by atoms with Crippen molar-refractivity contribution in [1.82, 2.24) is 4.72 Å². The van der Waals surface area contributed by atoms with Crippen LogP contribution in [0.3, 0.4) is 0 Å². The SMILES string of the molecule is Cc1ccc(CN=C2NSc3cccc(Oc4ccccc4Cl)c3N2)cc1C. The van der Waals surface area contributed by atoms with Gasteiger partial charge in [0.25, 0.3) is 0 Å². The van der Waals surface area contributed by atoms with Crippen LogP contribution in [0.25, 0.3) is 0 Å². The number of aliphatic imine (C=N–C) groups is 1. The summed E-state index contributed by atoms with van der Waals surface area (Å²) in [6, 6.07) is 19.8. The van der Waals surface area contributed by atoms with Crippen LogP contribution in [0.5, 0.6) is 11.5 Å². The van der Waals surface area contributed by atoms with Crippen LogP contribution in [0, 0.1) is 13.8 Å².